The first-order chi connectivity index (χ1) is 11.7. The fraction of sp³-hybridized carbons (Fsp3) is 0.222. The number of aromatic nitrogens is 2. The average Bonchev–Trinajstić information content (AvgIpc) is 3.12. The second-order valence-corrected chi connectivity index (χ2v) is 5.30. The van der Waals surface area contributed by atoms with Crippen molar-refractivity contribution in [1.82, 2.24) is 9.55 Å². The van der Waals surface area contributed by atoms with E-state index in [-0.39, 0.29) is 5.56 Å². The molecule has 0 aliphatic rings. The Morgan fingerprint density at radius 1 is 1.33 bits per heavy atom. The Hall–Kier alpha value is -2.86. The predicted octanol–water partition coefficient (Wildman–Crippen LogP) is 2.52. The van der Waals surface area contributed by atoms with Gasteiger partial charge in [0, 0.05) is 6.54 Å². The molecule has 0 atom stereocenters. The SMILES string of the molecule is COc1ccc2nc(/C=C/c3ccco3)n(CCCN)c(=O)c2c1. The molecule has 0 fully saturated rings. The molecule has 3 rings (SSSR count). The lowest BCUT2D eigenvalue weighted by atomic mass is 10.2. The van der Waals surface area contributed by atoms with Crippen LogP contribution in [0, 0.1) is 0 Å². The Bertz CT molecular complexity index is 911. The van der Waals surface area contributed by atoms with Gasteiger partial charge in [0.25, 0.3) is 5.56 Å². The topological polar surface area (TPSA) is 83.3 Å². The number of ether oxygens (including phenoxy) is 1. The Kier molecular flexibility index (Phi) is 4.77. The highest BCUT2D eigenvalue weighted by Gasteiger charge is 2.10. The van der Waals surface area contributed by atoms with E-state index in [1.54, 1.807) is 54.4 Å². The summed E-state index contributed by atoms with van der Waals surface area (Å²) in [4.78, 5) is 17.5. The van der Waals surface area contributed by atoms with E-state index < -0.39 is 0 Å². The molecular formula is C18H19N3O3. The molecule has 0 amide bonds. The number of rotatable bonds is 6. The summed E-state index contributed by atoms with van der Waals surface area (Å²) in [5.74, 6) is 1.90. The van der Waals surface area contributed by atoms with Crippen LogP contribution in [0.2, 0.25) is 0 Å². The van der Waals surface area contributed by atoms with Gasteiger partial charge < -0.3 is 14.9 Å². The van der Waals surface area contributed by atoms with Crippen LogP contribution >= 0.6 is 0 Å². The number of furan rings is 1. The Morgan fingerprint density at radius 3 is 2.92 bits per heavy atom. The number of methoxy groups -OCH3 is 1. The lowest BCUT2D eigenvalue weighted by molar-refractivity contribution is 0.415. The van der Waals surface area contributed by atoms with Gasteiger partial charge in [0.1, 0.15) is 17.3 Å². The quantitative estimate of drug-likeness (QED) is 0.753. The van der Waals surface area contributed by atoms with Crippen LogP contribution in [0.1, 0.15) is 18.0 Å². The molecule has 0 unspecified atom stereocenters. The molecule has 0 saturated heterocycles. The molecule has 6 heteroatoms. The number of fused-ring (bicyclic) bond motifs is 1. The van der Waals surface area contributed by atoms with E-state index in [1.165, 1.54) is 0 Å². The van der Waals surface area contributed by atoms with Crippen LogP contribution in [-0.4, -0.2) is 23.2 Å². The van der Waals surface area contributed by atoms with Crippen molar-refractivity contribution in [3.8, 4) is 5.75 Å². The van der Waals surface area contributed by atoms with Gasteiger partial charge >= 0.3 is 0 Å². The second-order valence-electron chi connectivity index (χ2n) is 5.30. The van der Waals surface area contributed by atoms with Crippen LogP contribution in [0.5, 0.6) is 5.75 Å². The third kappa shape index (κ3) is 3.23. The zero-order chi connectivity index (χ0) is 16.9. The van der Waals surface area contributed by atoms with Crippen molar-refractivity contribution >= 4 is 23.1 Å². The third-order valence-corrected chi connectivity index (χ3v) is 3.72. The summed E-state index contributed by atoms with van der Waals surface area (Å²) in [7, 11) is 1.57. The highest BCUT2D eigenvalue weighted by molar-refractivity contribution is 5.80. The zero-order valence-corrected chi connectivity index (χ0v) is 13.4. The van der Waals surface area contributed by atoms with Gasteiger partial charge in [-0.3, -0.25) is 9.36 Å². The molecule has 2 aromatic heterocycles. The normalized spacial score (nSPS) is 11.4. The van der Waals surface area contributed by atoms with Gasteiger partial charge in [-0.05, 0) is 55.4 Å². The van der Waals surface area contributed by atoms with Crippen LogP contribution in [-0.2, 0) is 6.54 Å². The summed E-state index contributed by atoms with van der Waals surface area (Å²) < 4.78 is 12.1. The highest BCUT2D eigenvalue weighted by Crippen LogP contribution is 2.18. The summed E-state index contributed by atoms with van der Waals surface area (Å²) in [6, 6.07) is 8.93. The van der Waals surface area contributed by atoms with Gasteiger partial charge in [-0.25, -0.2) is 4.98 Å². The van der Waals surface area contributed by atoms with Crippen molar-refractivity contribution in [1.29, 1.82) is 0 Å². The van der Waals surface area contributed by atoms with Crippen molar-refractivity contribution < 1.29 is 9.15 Å². The van der Waals surface area contributed by atoms with E-state index in [9.17, 15) is 4.79 Å². The minimum absolute atomic E-state index is 0.105. The molecular weight excluding hydrogens is 306 g/mol. The maximum Gasteiger partial charge on any atom is 0.261 e. The third-order valence-electron chi connectivity index (χ3n) is 3.72. The molecule has 3 aromatic rings. The molecule has 0 radical (unpaired) electrons. The Balaban J connectivity index is 2.13. The van der Waals surface area contributed by atoms with Crippen LogP contribution in [0.25, 0.3) is 23.1 Å². The molecule has 0 spiro atoms. The summed E-state index contributed by atoms with van der Waals surface area (Å²) in [5, 5.41) is 0.529. The molecule has 0 saturated carbocycles. The maximum absolute atomic E-state index is 12.9. The first-order valence-electron chi connectivity index (χ1n) is 7.73. The second kappa shape index (κ2) is 7.14. The maximum atomic E-state index is 12.9. The first-order valence-corrected chi connectivity index (χ1v) is 7.73. The summed E-state index contributed by atoms with van der Waals surface area (Å²) in [5.41, 5.74) is 6.12. The highest BCUT2D eigenvalue weighted by atomic mass is 16.5. The van der Waals surface area contributed by atoms with Crippen molar-refractivity contribution in [3.05, 3.63) is 58.5 Å². The van der Waals surface area contributed by atoms with Crippen LogP contribution < -0.4 is 16.0 Å². The number of hydrogen-bond acceptors (Lipinski definition) is 5. The van der Waals surface area contributed by atoms with Crippen LogP contribution in [0.4, 0.5) is 0 Å². The molecule has 24 heavy (non-hydrogen) atoms. The molecule has 2 heterocycles. The molecule has 0 bridgehead atoms. The predicted molar refractivity (Wildman–Crippen MR) is 93.9 cm³/mol. The lowest BCUT2D eigenvalue weighted by Gasteiger charge is -2.11. The van der Waals surface area contributed by atoms with E-state index >= 15 is 0 Å². The van der Waals surface area contributed by atoms with E-state index in [0.717, 1.165) is 0 Å². The van der Waals surface area contributed by atoms with Gasteiger partial charge in [-0.2, -0.15) is 0 Å². The molecule has 124 valence electrons. The average molecular weight is 325 g/mol. The Morgan fingerprint density at radius 2 is 2.21 bits per heavy atom. The lowest BCUT2D eigenvalue weighted by Crippen LogP contribution is -2.25. The van der Waals surface area contributed by atoms with Crippen molar-refractivity contribution in [2.24, 2.45) is 5.73 Å². The van der Waals surface area contributed by atoms with Crippen molar-refractivity contribution in [2.45, 2.75) is 13.0 Å². The smallest absolute Gasteiger partial charge is 0.261 e. The largest absolute Gasteiger partial charge is 0.497 e. The van der Waals surface area contributed by atoms with E-state index in [4.69, 9.17) is 14.9 Å². The fourth-order valence-electron chi connectivity index (χ4n) is 2.48. The minimum Gasteiger partial charge on any atom is -0.497 e. The van der Waals surface area contributed by atoms with Crippen molar-refractivity contribution in [3.63, 3.8) is 0 Å². The van der Waals surface area contributed by atoms with Gasteiger partial charge in [-0.1, -0.05) is 0 Å². The Labute approximate surface area is 139 Å². The van der Waals surface area contributed by atoms with E-state index in [0.29, 0.717) is 47.7 Å². The summed E-state index contributed by atoms with van der Waals surface area (Å²) >= 11 is 0. The van der Waals surface area contributed by atoms with Gasteiger partial charge in [0.05, 0.1) is 24.3 Å². The molecule has 2 N–H and O–H groups in total. The fourth-order valence-corrected chi connectivity index (χ4v) is 2.48. The number of nitrogens with two attached hydrogens (primary N) is 1. The van der Waals surface area contributed by atoms with Gasteiger partial charge in [-0.15, -0.1) is 0 Å². The zero-order valence-electron chi connectivity index (χ0n) is 13.4. The first kappa shape index (κ1) is 16.0. The molecule has 6 nitrogen and oxygen atoms in total. The molecule has 0 aliphatic carbocycles. The summed E-state index contributed by atoms with van der Waals surface area (Å²) in [6.07, 6.45) is 5.86. The van der Waals surface area contributed by atoms with E-state index in [2.05, 4.69) is 4.98 Å². The van der Waals surface area contributed by atoms with Crippen molar-refractivity contribution in [2.75, 3.05) is 13.7 Å². The summed E-state index contributed by atoms with van der Waals surface area (Å²) in [6.45, 7) is 1.01. The molecule has 1 aromatic carbocycles. The minimum atomic E-state index is -0.105. The van der Waals surface area contributed by atoms with Crippen LogP contribution in [0.15, 0.2) is 45.8 Å². The van der Waals surface area contributed by atoms with Gasteiger partial charge in [0.2, 0.25) is 0 Å². The number of nitrogens with zero attached hydrogens (tertiary/aromatic N) is 2. The van der Waals surface area contributed by atoms with E-state index in [1.807, 2.05) is 6.07 Å². The van der Waals surface area contributed by atoms with Crippen LogP contribution in [0.3, 0.4) is 0 Å². The standard InChI is InChI=1S/C18H19N3O3/c1-23-14-5-7-16-15(12-14)18(22)21(10-3-9-19)17(20-16)8-6-13-4-2-11-24-13/h2,4-8,11-12H,3,9-10,19H2,1H3/b8-6+. The number of benzene rings is 1. The monoisotopic (exact) mass is 325 g/mol. The number of hydrogen-bond donors (Lipinski definition) is 1. The molecule has 0 aliphatic heterocycles. The van der Waals surface area contributed by atoms with Gasteiger partial charge in [0.15, 0.2) is 0 Å².